The monoisotopic (exact) mass is 356 g/mol. The van der Waals surface area contributed by atoms with Crippen molar-refractivity contribution in [1.29, 1.82) is 0 Å². The quantitative estimate of drug-likeness (QED) is 0.795. The van der Waals surface area contributed by atoms with Crippen molar-refractivity contribution in [3.63, 3.8) is 0 Å². The number of carbonyl (C=O) groups is 2. The summed E-state index contributed by atoms with van der Waals surface area (Å²) in [6.07, 6.45) is 5.89. The predicted molar refractivity (Wildman–Crippen MR) is 93.4 cm³/mol. The molecule has 0 aromatic carbocycles. The first-order valence-electron chi connectivity index (χ1n) is 8.57. The summed E-state index contributed by atoms with van der Waals surface area (Å²) in [6, 6.07) is 5.99. The largest absolute Gasteiger partial charge is 0.336 e. The zero-order chi connectivity index (χ0) is 17.2. The molecule has 1 aliphatic carbocycles. The maximum atomic E-state index is 13.0. The molecule has 130 valence electrons. The van der Waals surface area contributed by atoms with E-state index in [1.54, 1.807) is 28.6 Å². The van der Waals surface area contributed by atoms with Gasteiger partial charge in [-0.25, -0.2) is 4.98 Å². The molecule has 1 saturated carbocycles. The number of thiazole rings is 1. The van der Waals surface area contributed by atoms with Crippen molar-refractivity contribution in [1.82, 2.24) is 19.8 Å². The first kappa shape index (κ1) is 16.2. The van der Waals surface area contributed by atoms with E-state index in [-0.39, 0.29) is 17.7 Å². The summed E-state index contributed by atoms with van der Waals surface area (Å²) in [5.41, 5.74) is 0.853. The molecule has 0 spiro atoms. The summed E-state index contributed by atoms with van der Waals surface area (Å²) >= 11 is 1.57. The van der Waals surface area contributed by atoms with Crippen LogP contribution >= 0.6 is 11.3 Å². The molecule has 25 heavy (non-hydrogen) atoms. The highest BCUT2D eigenvalue weighted by molar-refractivity contribution is 7.09. The lowest BCUT2D eigenvalue weighted by molar-refractivity contribution is -0.137. The number of pyridine rings is 1. The van der Waals surface area contributed by atoms with E-state index in [0.717, 1.165) is 23.5 Å². The highest BCUT2D eigenvalue weighted by Crippen LogP contribution is 2.32. The fourth-order valence-corrected chi connectivity index (χ4v) is 3.88. The summed E-state index contributed by atoms with van der Waals surface area (Å²) in [7, 11) is 0. The number of nitrogens with zero attached hydrogens (tertiary/aromatic N) is 4. The van der Waals surface area contributed by atoms with Crippen LogP contribution in [0.5, 0.6) is 0 Å². The van der Waals surface area contributed by atoms with Crippen molar-refractivity contribution in [3.05, 3.63) is 46.7 Å². The van der Waals surface area contributed by atoms with Crippen molar-refractivity contribution in [2.24, 2.45) is 5.92 Å². The Bertz CT molecular complexity index is 746. The number of rotatable bonds is 6. The van der Waals surface area contributed by atoms with Gasteiger partial charge in [0.1, 0.15) is 5.01 Å². The van der Waals surface area contributed by atoms with Crippen LogP contribution in [0.3, 0.4) is 0 Å². The van der Waals surface area contributed by atoms with Gasteiger partial charge in [0.05, 0.1) is 24.7 Å². The molecule has 2 amide bonds. The Morgan fingerprint density at radius 2 is 2.16 bits per heavy atom. The minimum Gasteiger partial charge on any atom is -0.336 e. The average molecular weight is 356 g/mol. The fraction of sp³-hybridized carbons (Fsp3) is 0.444. The first-order chi connectivity index (χ1) is 12.2. The highest BCUT2D eigenvalue weighted by Gasteiger charge is 2.41. The average Bonchev–Trinajstić information content (AvgIpc) is 3.21. The maximum Gasteiger partial charge on any atom is 0.228 e. The second-order valence-corrected chi connectivity index (χ2v) is 7.60. The van der Waals surface area contributed by atoms with Gasteiger partial charge >= 0.3 is 0 Å². The van der Waals surface area contributed by atoms with Crippen LogP contribution in [0.15, 0.2) is 36.0 Å². The Morgan fingerprint density at radius 1 is 1.28 bits per heavy atom. The molecule has 6 nitrogen and oxygen atoms in total. The second-order valence-electron chi connectivity index (χ2n) is 6.62. The topological polar surface area (TPSA) is 66.4 Å². The van der Waals surface area contributed by atoms with Gasteiger partial charge in [-0.15, -0.1) is 11.3 Å². The number of carbonyl (C=O) groups excluding carboxylic acids is 2. The van der Waals surface area contributed by atoms with Gasteiger partial charge < -0.3 is 9.80 Å². The minimum absolute atomic E-state index is 0.0361. The molecule has 0 N–H and O–H groups in total. The van der Waals surface area contributed by atoms with Crippen LogP contribution in [0.25, 0.3) is 0 Å². The third kappa shape index (κ3) is 3.71. The van der Waals surface area contributed by atoms with E-state index in [1.165, 1.54) is 0 Å². The fourth-order valence-electron chi connectivity index (χ4n) is 3.26. The predicted octanol–water partition coefficient (Wildman–Crippen LogP) is 2.08. The Hall–Kier alpha value is -2.28. The Kier molecular flexibility index (Phi) is 4.48. The number of hydrogen-bond acceptors (Lipinski definition) is 5. The smallest absolute Gasteiger partial charge is 0.228 e. The molecule has 0 bridgehead atoms. The van der Waals surface area contributed by atoms with Gasteiger partial charge in [-0.3, -0.25) is 14.6 Å². The lowest BCUT2D eigenvalue weighted by atomic mass is 10.1. The van der Waals surface area contributed by atoms with E-state index in [0.29, 0.717) is 32.1 Å². The molecular formula is C18H20N4O2S. The molecular weight excluding hydrogens is 336 g/mol. The van der Waals surface area contributed by atoms with Gasteiger partial charge in [0.2, 0.25) is 11.8 Å². The molecule has 2 aromatic rings. The van der Waals surface area contributed by atoms with Gasteiger partial charge in [-0.05, 0) is 25.0 Å². The van der Waals surface area contributed by atoms with Crippen molar-refractivity contribution in [3.8, 4) is 0 Å². The van der Waals surface area contributed by atoms with Crippen LogP contribution in [-0.2, 0) is 22.7 Å². The summed E-state index contributed by atoms with van der Waals surface area (Å²) in [4.78, 5) is 37.6. The van der Waals surface area contributed by atoms with Crippen molar-refractivity contribution in [2.75, 3.05) is 6.54 Å². The number of likely N-dealkylation sites (tertiary alicyclic amines) is 1. The molecule has 4 rings (SSSR count). The van der Waals surface area contributed by atoms with Crippen LogP contribution in [0.2, 0.25) is 0 Å². The molecule has 1 aliphatic heterocycles. The number of aromatic nitrogens is 2. The number of amides is 2. The van der Waals surface area contributed by atoms with E-state index in [9.17, 15) is 9.59 Å². The third-order valence-electron chi connectivity index (χ3n) is 4.70. The first-order valence-corrected chi connectivity index (χ1v) is 9.45. The standard InChI is InChI=1S/C18H20N4O2S/c23-17-9-13(10-21(17)11-14-3-1-2-6-19-14)18(24)22(15-4-5-15)12-16-20-7-8-25-16/h1-3,6-8,13,15H,4-5,9-12H2/t13-/m1/s1. The van der Waals surface area contributed by atoms with Crippen LogP contribution in [0.4, 0.5) is 0 Å². The molecule has 7 heteroatoms. The zero-order valence-electron chi connectivity index (χ0n) is 13.9. The van der Waals surface area contributed by atoms with Crippen molar-refractivity contribution < 1.29 is 9.59 Å². The Balaban J connectivity index is 1.42. The normalized spacial score (nSPS) is 20.1. The van der Waals surface area contributed by atoms with Crippen LogP contribution in [-0.4, -0.2) is 44.2 Å². The SMILES string of the molecule is O=C1C[C@@H](C(=O)N(Cc2nccs2)C2CC2)CN1Cc1ccccn1. The van der Waals surface area contributed by atoms with Gasteiger partial charge in [-0.2, -0.15) is 0 Å². The summed E-state index contributed by atoms with van der Waals surface area (Å²) in [6.45, 7) is 1.51. The van der Waals surface area contributed by atoms with E-state index < -0.39 is 0 Å². The zero-order valence-corrected chi connectivity index (χ0v) is 14.7. The molecule has 1 atom stereocenters. The third-order valence-corrected chi connectivity index (χ3v) is 5.47. The highest BCUT2D eigenvalue weighted by atomic mass is 32.1. The molecule has 3 heterocycles. The maximum absolute atomic E-state index is 13.0. The Labute approximate surface area is 150 Å². The Morgan fingerprint density at radius 3 is 2.84 bits per heavy atom. The lowest BCUT2D eigenvalue weighted by Crippen LogP contribution is -2.38. The minimum atomic E-state index is -0.253. The van der Waals surface area contributed by atoms with E-state index >= 15 is 0 Å². The van der Waals surface area contributed by atoms with Crippen LogP contribution < -0.4 is 0 Å². The van der Waals surface area contributed by atoms with Crippen molar-refractivity contribution >= 4 is 23.2 Å². The molecule has 0 unspecified atom stereocenters. The van der Waals surface area contributed by atoms with Gasteiger partial charge in [0, 0.05) is 36.8 Å². The van der Waals surface area contributed by atoms with Crippen LogP contribution in [0, 0.1) is 5.92 Å². The van der Waals surface area contributed by atoms with Gasteiger partial charge in [0.25, 0.3) is 0 Å². The van der Waals surface area contributed by atoms with Gasteiger partial charge in [0.15, 0.2) is 0 Å². The van der Waals surface area contributed by atoms with E-state index in [1.807, 2.05) is 28.5 Å². The summed E-state index contributed by atoms with van der Waals surface area (Å²) in [5, 5.41) is 2.88. The van der Waals surface area contributed by atoms with Crippen LogP contribution in [0.1, 0.15) is 30.0 Å². The molecule has 2 aromatic heterocycles. The lowest BCUT2D eigenvalue weighted by Gasteiger charge is -2.24. The second kappa shape index (κ2) is 6.92. The van der Waals surface area contributed by atoms with E-state index in [2.05, 4.69) is 9.97 Å². The summed E-state index contributed by atoms with van der Waals surface area (Å²) < 4.78 is 0. The molecule has 1 saturated heterocycles. The van der Waals surface area contributed by atoms with E-state index in [4.69, 9.17) is 0 Å². The van der Waals surface area contributed by atoms with Crippen molar-refractivity contribution in [2.45, 2.75) is 38.4 Å². The molecule has 0 radical (unpaired) electrons. The van der Waals surface area contributed by atoms with Gasteiger partial charge in [-0.1, -0.05) is 6.07 Å². The summed E-state index contributed by atoms with van der Waals surface area (Å²) in [5.74, 6) is -0.125. The molecule has 2 aliphatic rings. The number of hydrogen-bond donors (Lipinski definition) is 0. The molecule has 2 fully saturated rings.